The van der Waals surface area contributed by atoms with Crippen molar-refractivity contribution in [3.05, 3.63) is 42.1 Å². The molecule has 6 heteroatoms. The van der Waals surface area contributed by atoms with Crippen LogP contribution in [-0.2, 0) is 11.3 Å². The summed E-state index contributed by atoms with van der Waals surface area (Å²) in [5, 5.41) is 8.09. The number of hydrogen-bond acceptors (Lipinski definition) is 3. The second-order valence-corrected chi connectivity index (χ2v) is 8.36. The Kier molecular flexibility index (Phi) is 8.49. The van der Waals surface area contributed by atoms with Crippen molar-refractivity contribution >= 4 is 40.8 Å². The number of guanidine groups is 1. The molecule has 1 aromatic carbocycles. The van der Waals surface area contributed by atoms with Crippen LogP contribution in [0.1, 0.15) is 39.2 Å². The molecule has 0 radical (unpaired) electrons. The molecule has 28 heavy (non-hydrogen) atoms. The van der Waals surface area contributed by atoms with Gasteiger partial charge in [0.2, 0.25) is 0 Å². The summed E-state index contributed by atoms with van der Waals surface area (Å²) < 4.78 is 6.09. The number of aliphatic imine (C=N–C) groups is 1. The van der Waals surface area contributed by atoms with E-state index >= 15 is 0 Å². The molecule has 2 heterocycles. The lowest BCUT2D eigenvalue weighted by atomic mass is 9.78. The summed E-state index contributed by atoms with van der Waals surface area (Å²) in [6.07, 6.45) is 4.44. The van der Waals surface area contributed by atoms with E-state index in [4.69, 9.17) is 4.74 Å². The van der Waals surface area contributed by atoms with Gasteiger partial charge in [0.05, 0.1) is 11.6 Å². The maximum Gasteiger partial charge on any atom is 0.191 e. The number of ether oxygens (including phenoxy) is 1. The predicted molar refractivity (Wildman–Crippen MR) is 127 cm³/mol. The van der Waals surface area contributed by atoms with E-state index in [1.807, 2.05) is 19.3 Å². The Balaban J connectivity index is 0.00000280. The summed E-state index contributed by atoms with van der Waals surface area (Å²) in [4.78, 5) is 8.91. The quantitative estimate of drug-likeness (QED) is 0.375. The Morgan fingerprint density at radius 3 is 2.75 bits per heavy atom. The van der Waals surface area contributed by atoms with Gasteiger partial charge in [-0.3, -0.25) is 9.98 Å². The summed E-state index contributed by atoms with van der Waals surface area (Å²) in [6.45, 7) is 9.22. The molecule has 0 spiro atoms. The van der Waals surface area contributed by atoms with Crippen LogP contribution in [0, 0.1) is 11.3 Å². The molecule has 0 bridgehead atoms. The van der Waals surface area contributed by atoms with Crippen molar-refractivity contribution in [1.82, 2.24) is 15.6 Å². The Morgan fingerprint density at radius 1 is 1.21 bits per heavy atom. The molecule has 2 N–H and O–H groups in total. The average Bonchev–Trinajstić information content (AvgIpc) is 2.67. The van der Waals surface area contributed by atoms with Crippen LogP contribution in [0.5, 0.6) is 0 Å². The lowest BCUT2D eigenvalue weighted by molar-refractivity contribution is -0.0835. The summed E-state index contributed by atoms with van der Waals surface area (Å²) in [6, 6.07) is 10.3. The first-order valence-electron chi connectivity index (χ1n) is 9.88. The fourth-order valence-electron chi connectivity index (χ4n) is 3.95. The van der Waals surface area contributed by atoms with Gasteiger partial charge in [0.15, 0.2) is 5.96 Å². The SMILES string of the molecule is CN=C(NCc1cccc2cccnc12)NCC1CCCOC1C(C)(C)C.I. The van der Waals surface area contributed by atoms with Gasteiger partial charge in [0.1, 0.15) is 0 Å². The van der Waals surface area contributed by atoms with Crippen LogP contribution in [0.4, 0.5) is 0 Å². The largest absolute Gasteiger partial charge is 0.377 e. The van der Waals surface area contributed by atoms with Crippen molar-refractivity contribution in [2.24, 2.45) is 16.3 Å². The Bertz CT molecular complexity index is 782. The average molecular weight is 496 g/mol. The van der Waals surface area contributed by atoms with Gasteiger partial charge in [0.25, 0.3) is 0 Å². The number of para-hydroxylation sites is 1. The number of nitrogens with zero attached hydrogens (tertiary/aromatic N) is 2. The van der Waals surface area contributed by atoms with Gasteiger partial charge >= 0.3 is 0 Å². The lowest BCUT2D eigenvalue weighted by Crippen LogP contribution is -2.47. The number of fused-ring (bicyclic) bond motifs is 1. The number of rotatable bonds is 4. The number of halogens is 1. The second kappa shape index (κ2) is 10.4. The maximum atomic E-state index is 6.09. The zero-order valence-electron chi connectivity index (χ0n) is 17.4. The number of pyridine rings is 1. The molecule has 2 atom stereocenters. The summed E-state index contributed by atoms with van der Waals surface area (Å²) in [5.41, 5.74) is 2.36. The molecule has 0 saturated carbocycles. The fraction of sp³-hybridized carbons (Fsp3) is 0.545. The third kappa shape index (κ3) is 5.80. The predicted octanol–water partition coefficient (Wildman–Crippen LogP) is 4.36. The standard InChI is InChI=1S/C22H32N4O.HI/c1-22(2,3)20-18(11-7-13-27-20)15-26-21(23-4)25-14-17-9-5-8-16-10-6-12-24-19(16)17;/h5-6,8-10,12,18,20H,7,11,13-15H2,1-4H3,(H2,23,25,26);1H. The molecular weight excluding hydrogens is 463 g/mol. The van der Waals surface area contributed by atoms with Crippen LogP contribution >= 0.6 is 24.0 Å². The van der Waals surface area contributed by atoms with Crippen LogP contribution in [0.25, 0.3) is 10.9 Å². The normalized spacial score (nSPS) is 20.5. The van der Waals surface area contributed by atoms with E-state index in [0.717, 1.165) is 36.4 Å². The minimum Gasteiger partial charge on any atom is -0.377 e. The second-order valence-electron chi connectivity index (χ2n) is 8.36. The van der Waals surface area contributed by atoms with Gasteiger partial charge in [-0.15, -0.1) is 24.0 Å². The van der Waals surface area contributed by atoms with Crippen molar-refractivity contribution in [3.63, 3.8) is 0 Å². The molecule has 1 aromatic heterocycles. The minimum absolute atomic E-state index is 0. The van der Waals surface area contributed by atoms with E-state index in [1.165, 1.54) is 12.0 Å². The van der Waals surface area contributed by atoms with Gasteiger partial charge in [-0.1, -0.05) is 45.0 Å². The topological polar surface area (TPSA) is 58.5 Å². The van der Waals surface area contributed by atoms with Crippen LogP contribution in [0.3, 0.4) is 0 Å². The van der Waals surface area contributed by atoms with Crippen LogP contribution in [0.15, 0.2) is 41.5 Å². The van der Waals surface area contributed by atoms with Gasteiger partial charge in [-0.25, -0.2) is 0 Å². The van der Waals surface area contributed by atoms with E-state index < -0.39 is 0 Å². The first-order chi connectivity index (χ1) is 13.0. The van der Waals surface area contributed by atoms with Crippen molar-refractivity contribution in [2.75, 3.05) is 20.2 Å². The Labute approximate surface area is 185 Å². The summed E-state index contributed by atoms with van der Waals surface area (Å²) in [5.74, 6) is 1.32. The molecule has 2 aromatic rings. The van der Waals surface area contributed by atoms with Crippen molar-refractivity contribution in [3.8, 4) is 0 Å². The molecule has 1 aliphatic rings. The highest BCUT2D eigenvalue weighted by Gasteiger charge is 2.35. The van der Waals surface area contributed by atoms with Crippen LogP contribution in [-0.4, -0.2) is 37.2 Å². The number of benzene rings is 1. The minimum atomic E-state index is 0. The van der Waals surface area contributed by atoms with Gasteiger partial charge in [-0.2, -0.15) is 0 Å². The molecule has 154 valence electrons. The Hall–Kier alpha value is -1.41. The highest BCUT2D eigenvalue weighted by atomic mass is 127. The molecular formula is C22H33IN4O. The van der Waals surface area contributed by atoms with Crippen LogP contribution < -0.4 is 10.6 Å². The molecule has 0 aliphatic carbocycles. The van der Waals surface area contributed by atoms with Crippen LogP contribution in [0.2, 0.25) is 0 Å². The first kappa shape index (κ1) is 22.9. The Morgan fingerprint density at radius 2 is 2.00 bits per heavy atom. The number of hydrogen-bond donors (Lipinski definition) is 2. The fourth-order valence-corrected chi connectivity index (χ4v) is 3.95. The molecule has 1 aliphatic heterocycles. The van der Waals surface area contributed by atoms with E-state index in [1.54, 1.807) is 0 Å². The van der Waals surface area contributed by atoms with E-state index in [2.05, 4.69) is 65.6 Å². The zero-order chi connectivity index (χ0) is 19.3. The van der Waals surface area contributed by atoms with Gasteiger partial charge in [-0.05, 0) is 29.9 Å². The van der Waals surface area contributed by atoms with Crippen molar-refractivity contribution in [2.45, 2.75) is 46.3 Å². The highest BCUT2D eigenvalue weighted by molar-refractivity contribution is 14.0. The molecule has 3 rings (SSSR count). The van der Waals surface area contributed by atoms with Crippen molar-refractivity contribution < 1.29 is 4.74 Å². The first-order valence-corrected chi connectivity index (χ1v) is 9.88. The number of nitrogens with one attached hydrogen (secondary N) is 2. The molecule has 1 saturated heterocycles. The van der Waals surface area contributed by atoms with Gasteiger partial charge < -0.3 is 15.4 Å². The van der Waals surface area contributed by atoms with E-state index in [9.17, 15) is 0 Å². The summed E-state index contributed by atoms with van der Waals surface area (Å²) in [7, 11) is 1.81. The lowest BCUT2D eigenvalue weighted by Gasteiger charge is -2.40. The maximum absolute atomic E-state index is 6.09. The molecule has 5 nitrogen and oxygen atoms in total. The van der Waals surface area contributed by atoms with Crippen molar-refractivity contribution in [1.29, 1.82) is 0 Å². The smallest absolute Gasteiger partial charge is 0.191 e. The summed E-state index contributed by atoms with van der Waals surface area (Å²) >= 11 is 0. The number of aromatic nitrogens is 1. The molecule has 1 fully saturated rings. The third-order valence-corrected chi connectivity index (χ3v) is 5.22. The van der Waals surface area contributed by atoms with Gasteiger partial charge in [0, 0.05) is 44.2 Å². The van der Waals surface area contributed by atoms with E-state index in [0.29, 0.717) is 12.5 Å². The van der Waals surface area contributed by atoms with E-state index in [-0.39, 0.29) is 35.5 Å². The monoisotopic (exact) mass is 496 g/mol. The molecule has 0 amide bonds. The third-order valence-electron chi connectivity index (χ3n) is 5.22. The highest BCUT2D eigenvalue weighted by Crippen LogP contribution is 2.33. The molecule has 2 unspecified atom stereocenters. The zero-order valence-corrected chi connectivity index (χ0v) is 19.7.